The van der Waals surface area contributed by atoms with Crippen molar-refractivity contribution >= 4 is 0 Å². The zero-order chi connectivity index (χ0) is 13.7. The monoisotopic (exact) mass is 254 g/mol. The van der Waals surface area contributed by atoms with Gasteiger partial charge in [0.25, 0.3) is 0 Å². The Balaban J connectivity index is 2.13. The Morgan fingerprint density at radius 1 is 1.21 bits per heavy atom. The van der Waals surface area contributed by atoms with E-state index in [1.165, 1.54) is 0 Å². The Kier molecular flexibility index (Phi) is 3.99. The van der Waals surface area contributed by atoms with Gasteiger partial charge in [-0.3, -0.25) is 4.98 Å². The lowest BCUT2D eigenvalue weighted by molar-refractivity contribution is 0.284. The lowest BCUT2D eigenvalue weighted by Crippen LogP contribution is -1.99. The molecule has 0 aliphatic heterocycles. The molecule has 4 heteroatoms. The summed E-state index contributed by atoms with van der Waals surface area (Å²) in [4.78, 5) is 4.11. The molecular weight excluding hydrogens is 240 g/mol. The maximum atomic E-state index is 8.83. The Hall–Kier alpha value is -2.54. The van der Waals surface area contributed by atoms with Gasteiger partial charge in [0.15, 0.2) is 11.5 Å². The zero-order valence-corrected chi connectivity index (χ0v) is 10.9. The van der Waals surface area contributed by atoms with Crippen molar-refractivity contribution < 1.29 is 9.47 Å². The Morgan fingerprint density at radius 3 is 2.74 bits per heavy atom. The van der Waals surface area contributed by atoms with E-state index in [4.69, 9.17) is 14.7 Å². The fourth-order valence-electron chi connectivity index (χ4n) is 1.71. The second-order valence-corrected chi connectivity index (χ2v) is 4.14. The van der Waals surface area contributed by atoms with Gasteiger partial charge in [-0.25, -0.2) is 0 Å². The van der Waals surface area contributed by atoms with Crippen LogP contribution in [0.4, 0.5) is 0 Å². The molecular formula is C15H14N2O2. The Morgan fingerprint density at radius 2 is 2.05 bits per heavy atom. The van der Waals surface area contributed by atoms with Crippen molar-refractivity contribution in [2.45, 2.75) is 13.5 Å². The molecule has 0 unspecified atom stereocenters. The number of ether oxygens (including phenoxy) is 2. The van der Waals surface area contributed by atoms with Crippen molar-refractivity contribution in [3.63, 3.8) is 0 Å². The molecule has 0 N–H and O–H groups in total. The van der Waals surface area contributed by atoms with Crippen LogP contribution in [-0.4, -0.2) is 12.1 Å². The fourth-order valence-corrected chi connectivity index (χ4v) is 1.71. The predicted molar refractivity (Wildman–Crippen MR) is 71.0 cm³/mol. The first-order valence-corrected chi connectivity index (χ1v) is 5.84. The van der Waals surface area contributed by atoms with Crippen LogP contribution in [-0.2, 0) is 6.61 Å². The van der Waals surface area contributed by atoms with E-state index in [2.05, 4.69) is 11.1 Å². The molecule has 0 saturated heterocycles. The summed E-state index contributed by atoms with van der Waals surface area (Å²) in [6, 6.07) is 9.18. The smallest absolute Gasteiger partial charge is 0.162 e. The van der Waals surface area contributed by atoms with Crippen molar-refractivity contribution in [3.8, 4) is 17.6 Å². The van der Waals surface area contributed by atoms with E-state index in [0.29, 0.717) is 23.7 Å². The van der Waals surface area contributed by atoms with Crippen LogP contribution in [0.3, 0.4) is 0 Å². The maximum absolute atomic E-state index is 8.83. The molecule has 0 bridgehead atoms. The zero-order valence-electron chi connectivity index (χ0n) is 10.9. The number of aryl methyl sites for hydroxylation is 1. The number of nitriles is 1. The minimum absolute atomic E-state index is 0.414. The topological polar surface area (TPSA) is 55.1 Å². The average molecular weight is 254 g/mol. The number of hydrogen-bond acceptors (Lipinski definition) is 4. The van der Waals surface area contributed by atoms with Crippen molar-refractivity contribution in [1.29, 1.82) is 5.26 Å². The molecule has 0 amide bonds. The fraction of sp³-hybridized carbons (Fsp3) is 0.200. The van der Waals surface area contributed by atoms with E-state index >= 15 is 0 Å². The van der Waals surface area contributed by atoms with Gasteiger partial charge in [0.1, 0.15) is 6.61 Å². The van der Waals surface area contributed by atoms with Crippen LogP contribution in [0.15, 0.2) is 36.7 Å². The van der Waals surface area contributed by atoms with E-state index in [1.807, 2.05) is 13.0 Å². The molecule has 0 atom stereocenters. The first kappa shape index (κ1) is 12.9. The van der Waals surface area contributed by atoms with Gasteiger partial charge in [-0.15, -0.1) is 0 Å². The quantitative estimate of drug-likeness (QED) is 0.841. The molecule has 19 heavy (non-hydrogen) atoms. The van der Waals surface area contributed by atoms with Crippen molar-refractivity contribution in [1.82, 2.24) is 4.98 Å². The van der Waals surface area contributed by atoms with Crippen LogP contribution in [0.5, 0.6) is 11.5 Å². The summed E-state index contributed by atoms with van der Waals surface area (Å²) in [5.74, 6) is 1.17. The SMILES string of the molecule is COc1cc(C#N)ccc1OCc1cncc(C)c1. The third-order valence-corrected chi connectivity index (χ3v) is 2.62. The molecule has 0 spiro atoms. The number of aromatic nitrogens is 1. The summed E-state index contributed by atoms with van der Waals surface area (Å²) in [7, 11) is 1.55. The second-order valence-electron chi connectivity index (χ2n) is 4.14. The van der Waals surface area contributed by atoms with Gasteiger partial charge in [-0.1, -0.05) is 0 Å². The summed E-state index contributed by atoms with van der Waals surface area (Å²) < 4.78 is 10.9. The highest BCUT2D eigenvalue weighted by atomic mass is 16.5. The third kappa shape index (κ3) is 3.23. The third-order valence-electron chi connectivity index (χ3n) is 2.62. The number of methoxy groups -OCH3 is 1. The van der Waals surface area contributed by atoms with Gasteiger partial charge >= 0.3 is 0 Å². The molecule has 0 saturated carbocycles. The molecule has 2 aromatic rings. The minimum atomic E-state index is 0.414. The molecule has 96 valence electrons. The first-order valence-electron chi connectivity index (χ1n) is 5.84. The summed E-state index contributed by atoms with van der Waals surface area (Å²) in [5, 5.41) is 8.83. The lowest BCUT2D eigenvalue weighted by atomic mass is 10.2. The van der Waals surface area contributed by atoms with Crippen LogP contribution in [0.2, 0.25) is 0 Å². The largest absolute Gasteiger partial charge is 0.493 e. The van der Waals surface area contributed by atoms with Crippen LogP contribution < -0.4 is 9.47 Å². The van der Waals surface area contributed by atoms with E-state index in [1.54, 1.807) is 37.7 Å². The van der Waals surface area contributed by atoms with Gasteiger partial charge in [0, 0.05) is 24.0 Å². The van der Waals surface area contributed by atoms with Crippen LogP contribution in [0, 0.1) is 18.3 Å². The standard InChI is InChI=1S/C15H14N2O2/c1-11-5-13(9-17-8-11)10-19-14-4-3-12(7-16)6-15(14)18-2/h3-6,8-9H,10H2,1-2H3. The van der Waals surface area contributed by atoms with Crippen molar-refractivity contribution in [3.05, 3.63) is 53.3 Å². The number of hydrogen-bond donors (Lipinski definition) is 0. The molecule has 4 nitrogen and oxygen atoms in total. The molecule has 0 fully saturated rings. The summed E-state index contributed by atoms with van der Waals surface area (Å²) in [5.41, 5.74) is 2.63. The number of pyridine rings is 1. The molecule has 1 heterocycles. The molecule has 1 aromatic carbocycles. The van der Waals surface area contributed by atoms with Crippen molar-refractivity contribution in [2.75, 3.05) is 7.11 Å². The second kappa shape index (κ2) is 5.87. The lowest BCUT2D eigenvalue weighted by Gasteiger charge is -2.10. The minimum Gasteiger partial charge on any atom is -0.493 e. The molecule has 0 radical (unpaired) electrons. The first-order chi connectivity index (χ1) is 9.22. The van der Waals surface area contributed by atoms with Gasteiger partial charge in [-0.05, 0) is 30.7 Å². The molecule has 1 aromatic heterocycles. The number of rotatable bonds is 4. The molecule has 0 aliphatic rings. The van der Waals surface area contributed by atoms with Gasteiger partial charge in [0.05, 0.1) is 18.7 Å². The number of benzene rings is 1. The highest BCUT2D eigenvalue weighted by Gasteiger charge is 2.06. The van der Waals surface area contributed by atoms with E-state index in [9.17, 15) is 0 Å². The van der Waals surface area contributed by atoms with E-state index in [0.717, 1.165) is 11.1 Å². The highest BCUT2D eigenvalue weighted by Crippen LogP contribution is 2.28. The van der Waals surface area contributed by atoms with Crippen LogP contribution in [0.25, 0.3) is 0 Å². The Bertz CT molecular complexity index is 618. The average Bonchev–Trinajstić information content (AvgIpc) is 2.45. The van der Waals surface area contributed by atoms with Gasteiger partial charge < -0.3 is 9.47 Å². The van der Waals surface area contributed by atoms with Crippen LogP contribution in [0.1, 0.15) is 16.7 Å². The van der Waals surface area contributed by atoms with Crippen molar-refractivity contribution in [2.24, 2.45) is 0 Å². The van der Waals surface area contributed by atoms with Gasteiger partial charge in [-0.2, -0.15) is 5.26 Å². The summed E-state index contributed by atoms with van der Waals surface area (Å²) in [6.07, 6.45) is 3.56. The molecule has 0 aliphatic carbocycles. The maximum Gasteiger partial charge on any atom is 0.162 e. The predicted octanol–water partition coefficient (Wildman–Crippen LogP) is 2.85. The highest BCUT2D eigenvalue weighted by molar-refractivity contribution is 5.46. The number of nitrogens with zero attached hydrogens (tertiary/aromatic N) is 2. The normalized spacial score (nSPS) is 9.74. The van der Waals surface area contributed by atoms with E-state index in [-0.39, 0.29) is 0 Å². The molecule has 2 rings (SSSR count). The van der Waals surface area contributed by atoms with Crippen LogP contribution >= 0.6 is 0 Å². The Labute approximate surface area is 112 Å². The summed E-state index contributed by atoms with van der Waals surface area (Å²) in [6.45, 7) is 2.40. The summed E-state index contributed by atoms with van der Waals surface area (Å²) >= 11 is 0. The van der Waals surface area contributed by atoms with Gasteiger partial charge in [0.2, 0.25) is 0 Å². The van der Waals surface area contributed by atoms with E-state index < -0.39 is 0 Å².